The first-order chi connectivity index (χ1) is 20.0. The summed E-state index contributed by atoms with van der Waals surface area (Å²) in [5.41, 5.74) is 2.11. The van der Waals surface area contributed by atoms with Crippen LogP contribution in [-0.2, 0) is 25.7 Å². The van der Waals surface area contributed by atoms with Gasteiger partial charge in [-0.3, -0.25) is 23.9 Å². The maximum absolute atomic E-state index is 15.2. The molecule has 224 valence electrons. The van der Waals surface area contributed by atoms with Crippen LogP contribution in [-0.4, -0.2) is 78.1 Å². The Bertz CT molecular complexity index is 1710. The number of ether oxygens (including phenoxy) is 1. The SMILES string of the molecule is C.CC(=O)O[C@H]1[C@@H](C(=O)Nc2cccc(Br)n2)N(C(=O)Cn2nc(C(C)=O)c3cc(-c4cnc(C)nc4)ccc32)C[C@@H]1F. The van der Waals surface area contributed by atoms with E-state index in [0.29, 0.717) is 21.3 Å². The van der Waals surface area contributed by atoms with Crippen molar-refractivity contribution < 1.29 is 28.3 Å². The average molecular weight is 654 g/mol. The highest BCUT2D eigenvalue weighted by molar-refractivity contribution is 9.10. The minimum absolute atomic E-state index is 0. The van der Waals surface area contributed by atoms with Crippen LogP contribution in [0, 0.1) is 6.92 Å². The van der Waals surface area contributed by atoms with Gasteiger partial charge in [0, 0.05) is 37.2 Å². The number of benzene rings is 1. The molecular formula is C29H29BrFN7O5. The van der Waals surface area contributed by atoms with Gasteiger partial charge in [0.25, 0.3) is 5.91 Å². The molecule has 0 aliphatic carbocycles. The van der Waals surface area contributed by atoms with Crippen molar-refractivity contribution in [2.75, 3.05) is 11.9 Å². The first kappa shape index (κ1) is 31.3. The van der Waals surface area contributed by atoms with Crippen molar-refractivity contribution in [2.24, 2.45) is 0 Å². The minimum Gasteiger partial charge on any atom is -0.457 e. The van der Waals surface area contributed by atoms with E-state index >= 15 is 4.39 Å². The molecule has 1 aliphatic rings. The third kappa shape index (κ3) is 6.58. The number of aryl methyl sites for hydroxylation is 1. The van der Waals surface area contributed by atoms with Gasteiger partial charge in [-0.2, -0.15) is 5.10 Å². The maximum Gasteiger partial charge on any atom is 0.303 e. The van der Waals surface area contributed by atoms with E-state index in [-0.39, 0.29) is 24.7 Å². The van der Waals surface area contributed by atoms with E-state index in [4.69, 9.17) is 4.74 Å². The molecule has 1 aliphatic heterocycles. The number of aromatic nitrogens is 5. The van der Waals surface area contributed by atoms with Gasteiger partial charge >= 0.3 is 5.97 Å². The molecule has 2 amide bonds. The molecule has 3 aromatic heterocycles. The number of fused-ring (bicyclic) bond motifs is 1. The average Bonchev–Trinajstić information content (AvgIpc) is 3.46. The molecule has 1 saturated heterocycles. The summed E-state index contributed by atoms with van der Waals surface area (Å²) in [4.78, 5) is 64.8. The van der Waals surface area contributed by atoms with E-state index in [0.717, 1.165) is 23.0 Å². The largest absolute Gasteiger partial charge is 0.457 e. The normalized spacial score (nSPS) is 17.8. The molecule has 1 N–H and O–H groups in total. The number of alkyl halides is 1. The Morgan fingerprint density at radius 2 is 1.81 bits per heavy atom. The van der Waals surface area contributed by atoms with E-state index < -0.39 is 49.2 Å². The lowest BCUT2D eigenvalue weighted by atomic mass is 10.0. The van der Waals surface area contributed by atoms with Crippen molar-refractivity contribution >= 4 is 56.2 Å². The molecule has 0 radical (unpaired) electrons. The van der Waals surface area contributed by atoms with Crippen molar-refractivity contribution in [3.05, 3.63) is 64.9 Å². The van der Waals surface area contributed by atoms with Crippen LogP contribution in [0.3, 0.4) is 0 Å². The molecule has 0 bridgehead atoms. The number of esters is 1. The Morgan fingerprint density at radius 3 is 2.47 bits per heavy atom. The van der Waals surface area contributed by atoms with Crippen molar-refractivity contribution in [2.45, 2.75) is 53.1 Å². The summed E-state index contributed by atoms with van der Waals surface area (Å²) in [6.07, 6.45) is -0.00871. The molecule has 0 saturated carbocycles. The molecule has 0 spiro atoms. The second kappa shape index (κ2) is 12.7. The topological polar surface area (TPSA) is 149 Å². The van der Waals surface area contributed by atoms with Crippen molar-refractivity contribution in [3.63, 3.8) is 0 Å². The van der Waals surface area contributed by atoms with Gasteiger partial charge in [-0.05, 0) is 52.7 Å². The Hall–Kier alpha value is -4.59. The van der Waals surface area contributed by atoms with Gasteiger partial charge in [0.1, 0.15) is 28.5 Å². The van der Waals surface area contributed by atoms with Crippen LogP contribution in [0.15, 0.2) is 53.4 Å². The smallest absolute Gasteiger partial charge is 0.303 e. The Morgan fingerprint density at radius 1 is 1.09 bits per heavy atom. The fourth-order valence-electron chi connectivity index (χ4n) is 4.84. The van der Waals surface area contributed by atoms with Crippen LogP contribution in [0.2, 0.25) is 0 Å². The molecule has 1 fully saturated rings. The van der Waals surface area contributed by atoms with Gasteiger partial charge in [0.05, 0.1) is 12.1 Å². The summed E-state index contributed by atoms with van der Waals surface area (Å²) in [6.45, 7) is 3.34. The van der Waals surface area contributed by atoms with Gasteiger partial charge in [0.2, 0.25) is 5.91 Å². The summed E-state index contributed by atoms with van der Waals surface area (Å²) in [5.74, 6) is -1.78. The fraction of sp³-hybridized carbons (Fsp3) is 0.310. The first-order valence-corrected chi connectivity index (χ1v) is 13.7. The van der Waals surface area contributed by atoms with Crippen LogP contribution in [0.4, 0.5) is 10.2 Å². The zero-order valence-electron chi connectivity index (χ0n) is 22.7. The third-order valence-electron chi connectivity index (χ3n) is 6.72. The number of nitrogens with zero attached hydrogens (tertiary/aromatic N) is 6. The lowest BCUT2D eigenvalue weighted by molar-refractivity contribution is -0.153. The summed E-state index contributed by atoms with van der Waals surface area (Å²) in [7, 11) is 0. The van der Waals surface area contributed by atoms with Crippen LogP contribution in [0.25, 0.3) is 22.0 Å². The summed E-state index contributed by atoms with van der Waals surface area (Å²) >= 11 is 3.22. The quantitative estimate of drug-likeness (QED) is 0.178. The molecule has 12 nitrogen and oxygen atoms in total. The van der Waals surface area contributed by atoms with Crippen LogP contribution in [0.1, 0.15) is 37.6 Å². The van der Waals surface area contributed by atoms with Gasteiger partial charge in [0.15, 0.2) is 24.1 Å². The monoisotopic (exact) mass is 653 g/mol. The summed E-state index contributed by atoms with van der Waals surface area (Å²) < 4.78 is 22.1. The zero-order chi connectivity index (χ0) is 30.1. The number of Topliss-reactive ketones (excluding diaryl/α,β-unsaturated/α-hetero) is 1. The van der Waals surface area contributed by atoms with Crippen LogP contribution < -0.4 is 5.32 Å². The number of amides is 2. The Balaban J connectivity index is 0.00000423. The van der Waals surface area contributed by atoms with Crippen molar-refractivity contribution in [1.82, 2.24) is 29.6 Å². The molecule has 4 aromatic rings. The van der Waals surface area contributed by atoms with Gasteiger partial charge in [-0.1, -0.05) is 19.6 Å². The number of hydrogen-bond acceptors (Lipinski definition) is 9. The number of anilines is 1. The highest BCUT2D eigenvalue weighted by atomic mass is 79.9. The summed E-state index contributed by atoms with van der Waals surface area (Å²) in [5, 5.41) is 7.44. The van der Waals surface area contributed by atoms with Crippen molar-refractivity contribution in [1.29, 1.82) is 0 Å². The number of pyridine rings is 1. The molecule has 0 unspecified atom stereocenters. The Labute approximate surface area is 254 Å². The van der Waals surface area contributed by atoms with E-state index in [9.17, 15) is 19.2 Å². The van der Waals surface area contributed by atoms with E-state index in [1.165, 1.54) is 17.7 Å². The number of rotatable bonds is 7. The fourth-order valence-corrected chi connectivity index (χ4v) is 5.18. The number of carbonyl (C=O) groups is 4. The van der Waals surface area contributed by atoms with E-state index in [2.05, 4.69) is 41.3 Å². The molecule has 3 atom stereocenters. The molecular weight excluding hydrogens is 625 g/mol. The van der Waals surface area contributed by atoms with E-state index in [1.807, 2.05) is 0 Å². The molecule has 43 heavy (non-hydrogen) atoms. The molecule has 1 aromatic carbocycles. The predicted octanol–water partition coefficient (Wildman–Crippen LogP) is 3.92. The van der Waals surface area contributed by atoms with Gasteiger partial charge in [-0.25, -0.2) is 19.3 Å². The predicted molar refractivity (Wildman–Crippen MR) is 159 cm³/mol. The van der Waals surface area contributed by atoms with E-state index in [1.54, 1.807) is 49.6 Å². The second-order valence-electron chi connectivity index (χ2n) is 9.73. The lowest BCUT2D eigenvalue weighted by Gasteiger charge is -2.26. The van der Waals surface area contributed by atoms with Gasteiger partial charge in [-0.15, -0.1) is 0 Å². The maximum atomic E-state index is 15.2. The zero-order valence-corrected chi connectivity index (χ0v) is 24.3. The lowest BCUT2D eigenvalue weighted by Crippen LogP contribution is -2.50. The number of hydrogen-bond donors (Lipinski definition) is 1. The molecule has 14 heteroatoms. The number of halogens is 2. The van der Waals surface area contributed by atoms with Crippen LogP contribution >= 0.6 is 15.9 Å². The highest BCUT2D eigenvalue weighted by Crippen LogP contribution is 2.29. The first-order valence-electron chi connectivity index (χ1n) is 12.9. The minimum atomic E-state index is -1.81. The number of likely N-dealkylation sites (tertiary alicyclic amines) is 1. The number of carbonyl (C=O) groups excluding carboxylic acids is 4. The summed E-state index contributed by atoms with van der Waals surface area (Å²) in [6, 6.07) is 8.60. The number of ketones is 1. The van der Waals surface area contributed by atoms with Crippen LogP contribution in [0.5, 0.6) is 0 Å². The highest BCUT2D eigenvalue weighted by Gasteiger charge is 2.50. The van der Waals surface area contributed by atoms with Crippen molar-refractivity contribution in [3.8, 4) is 11.1 Å². The standard InChI is InChI=1S/C28H25BrFN7O5.CH4/c1-14(38)25-19-9-17(18-10-31-15(2)32-11-18)7-8-21(19)37(35-25)13-24(40)36-12-20(30)27(42-16(3)39)26(36)28(41)34-23-6-4-5-22(29)33-23;/h4-11,20,26-27H,12-13H2,1-3H3,(H,33,34,41);1H4/t20-,26-,27+;/m0./s1. The van der Waals surface area contributed by atoms with Gasteiger partial charge < -0.3 is 15.0 Å². The molecule has 4 heterocycles. The third-order valence-corrected chi connectivity index (χ3v) is 7.16. The molecule has 5 rings (SSSR count). The second-order valence-corrected chi connectivity index (χ2v) is 10.5. The number of nitrogens with one attached hydrogen (secondary N) is 1. The Kier molecular flexibility index (Phi) is 9.28.